The lowest BCUT2D eigenvalue weighted by atomic mass is 9.99. The lowest BCUT2D eigenvalue weighted by Gasteiger charge is -2.25. The number of hydrogen-bond acceptors (Lipinski definition) is 8. The number of methoxy groups -OCH3 is 2. The van der Waals surface area contributed by atoms with Crippen LogP contribution in [0.2, 0.25) is 0 Å². The first-order valence-corrected chi connectivity index (χ1v) is 21.5. The van der Waals surface area contributed by atoms with Crippen LogP contribution in [0.3, 0.4) is 0 Å². The molecule has 10 heteroatoms. The van der Waals surface area contributed by atoms with Gasteiger partial charge in [0.2, 0.25) is 0 Å². The molecule has 2 aliphatic rings. The fourth-order valence-corrected chi connectivity index (χ4v) is 8.01. The molecule has 8 rings (SSSR count). The number of hydrogen-bond donors (Lipinski definition) is 0. The summed E-state index contributed by atoms with van der Waals surface area (Å²) < 4.78 is 22.9. The summed E-state index contributed by atoms with van der Waals surface area (Å²) in [7, 11) is 3.25. The Morgan fingerprint density at radius 3 is 1.38 bits per heavy atom. The van der Waals surface area contributed by atoms with Crippen LogP contribution in [-0.4, -0.2) is 69.8 Å². The third-order valence-electron chi connectivity index (χ3n) is 11.0. The zero-order valence-electron chi connectivity index (χ0n) is 36.8. The number of anilines is 2. The standard InChI is InChI=1S/C27H28N2O3.C26H26N2O3/c1-4-29-23-18-25(32-5-2)24(31-3)17-21(23)26(20-14-10-7-11-15-20)28-22(27(29)30)16-19-12-8-6-9-13-19;1-4-28-21-17-23(31-5-2)22(30-3)16-20(21)24(18-12-8-6-9-13-18)27-25(26(28)29)19-14-10-7-11-15-19/h6-15,17-18,22H,4-5,16H2,1-3H3;6-17,25H,4-5H2,1-3H3. The van der Waals surface area contributed by atoms with Gasteiger partial charge in [-0.1, -0.05) is 121 Å². The number of nitrogens with zero attached hydrogens (tertiary/aromatic N) is 4. The summed E-state index contributed by atoms with van der Waals surface area (Å²) in [4.78, 5) is 41.0. The van der Waals surface area contributed by atoms with Gasteiger partial charge in [0.1, 0.15) is 6.04 Å². The van der Waals surface area contributed by atoms with Crippen molar-refractivity contribution in [1.82, 2.24) is 0 Å². The molecule has 10 nitrogen and oxygen atoms in total. The largest absolute Gasteiger partial charge is 0.493 e. The SMILES string of the molecule is CCOc1cc2c(cc1OC)C(c1ccccc1)=NC(Cc1ccccc1)C(=O)N2CC.CCOc1cc2c(cc1OC)C(c1ccccc1)=NC(c1ccccc1)C(=O)N2CC. The molecule has 6 aromatic rings. The van der Waals surface area contributed by atoms with Crippen LogP contribution in [0.15, 0.2) is 156 Å². The molecule has 6 aromatic carbocycles. The zero-order chi connectivity index (χ0) is 44.3. The summed E-state index contributed by atoms with van der Waals surface area (Å²) in [6.07, 6.45) is 0.538. The quantitative estimate of drug-likeness (QED) is 0.115. The van der Waals surface area contributed by atoms with E-state index < -0.39 is 12.1 Å². The van der Waals surface area contributed by atoms with Gasteiger partial charge in [-0.25, -0.2) is 0 Å². The van der Waals surface area contributed by atoms with E-state index in [0.717, 1.165) is 56.2 Å². The molecular weight excluding hydrogens is 789 g/mol. The average Bonchev–Trinajstić information content (AvgIpc) is 3.52. The van der Waals surface area contributed by atoms with Gasteiger partial charge < -0.3 is 28.7 Å². The van der Waals surface area contributed by atoms with Crippen molar-refractivity contribution in [1.29, 1.82) is 0 Å². The molecule has 0 N–H and O–H groups in total. The number of likely N-dealkylation sites (N-methyl/N-ethyl adjacent to an activating group) is 2. The van der Waals surface area contributed by atoms with Crippen LogP contribution < -0.4 is 28.7 Å². The first-order valence-electron chi connectivity index (χ1n) is 21.5. The Bertz CT molecular complexity index is 2560. The first kappa shape index (κ1) is 43.9. The van der Waals surface area contributed by atoms with Crippen LogP contribution in [0.25, 0.3) is 0 Å². The van der Waals surface area contributed by atoms with Gasteiger partial charge in [-0.3, -0.25) is 19.6 Å². The molecule has 0 bridgehead atoms. The van der Waals surface area contributed by atoms with E-state index in [-0.39, 0.29) is 11.8 Å². The highest BCUT2D eigenvalue weighted by molar-refractivity contribution is 6.21. The molecule has 2 amide bonds. The van der Waals surface area contributed by atoms with Gasteiger partial charge in [-0.15, -0.1) is 0 Å². The fourth-order valence-electron chi connectivity index (χ4n) is 8.01. The Labute approximate surface area is 370 Å². The van der Waals surface area contributed by atoms with E-state index in [2.05, 4.69) is 0 Å². The van der Waals surface area contributed by atoms with Crippen LogP contribution in [0.1, 0.15) is 67.1 Å². The van der Waals surface area contributed by atoms with Crippen molar-refractivity contribution in [3.8, 4) is 23.0 Å². The third-order valence-corrected chi connectivity index (χ3v) is 11.0. The second kappa shape index (κ2) is 20.6. The van der Waals surface area contributed by atoms with Gasteiger partial charge in [0, 0.05) is 53.9 Å². The maximum atomic E-state index is 13.7. The molecule has 0 fully saturated rings. The van der Waals surface area contributed by atoms with Crippen molar-refractivity contribution in [3.05, 3.63) is 179 Å². The number of fused-ring (bicyclic) bond motifs is 2. The van der Waals surface area contributed by atoms with E-state index in [1.165, 1.54) is 0 Å². The Morgan fingerprint density at radius 1 is 0.508 bits per heavy atom. The van der Waals surface area contributed by atoms with Crippen LogP contribution >= 0.6 is 0 Å². The van der Waals surface area contributed by atoms with E-state index >= 15 is 0 Å². The molecule has 2 aliphatic heterocycles. The Morgan fingerprint density at radius 2 is 0.937 bits per heavy atom. The number of rotatable bonds is 13. The fraction of sp³-hybridized carbons (Fsp3) is 0.245. The van der Waals surface area contributed by atoms with Crippen molar-refractivity contribution in [3.63, 3.8) is 0 Å². The summed E-state index contributed by atoms with van der Waals surface area (Å²) >= 11 is 0. The van der Waals surface area contributed by atoms with Crippen molar-refractivity contribution in [2.45, 2.75) is 46.2 Å². The van der Waals surface area contributed by atoms with Crippen LogP contribution in [-0.2, 0) is 16.0 Å². The molecule has 63 heavy (non-hydrogen) atoms. The number of benzodiazepines with no additional fused rings is 2. The molecule has 0 spiro atoms. The minimum atomic E-state index is -0.634. The minimum absolute atomic E-state index is 0.0175. The maximum Gasteiger partial charge on any atom is 0.256 e. The topological polar surface area (TPSA) is 102 Å². The Balaban J connectivity index is 0.000000189. The van der Waals surface area contributed by atoms with Gasteiger partial charge in [0.05, 0.1) is 50.2 Å². The average molecular weight is 843 g/mol. The molecule has 2 atom stereocenters. The van der Waals surface area contributed by atoms with Crippen LogP contribution in [0.4, 0.5) is 11.4 Å². The Hall–Kier alpha value is -7.20. The number of carbonyl (C=O) groups excluding carboxylic acids is 2. The molecule has 0 aromatic heterocycles. The number of aliphatic imine (C=N–C) groups is 2. The van der Waals surface area contributed by atoms with Gasteiger partial charge in [0.15, 0.2) is 29.0 Å². The summed E-state index contributed by atoms with van der Waals surface area (Å²) in [5.74, 6) is 2.39. The van der Waals surface area contributed by atoms with Crippen molar-refractivity contribution in [2.24, 2.45) is 9.98 Å². The molecule has 0 saturated heterocycles. The molecule has 0 saturated carbocycles. The normalized spacial score (nSPS) is 15.7. The Kier molecular flexibility index (Phi) is 14.3. The number of ether oxygens (including phenoxy) is 4. The zero-order valence-corrected chi connectivity index (χ0v) is 36.8. The van der Waals surface area contributed by atoms with E-state index in [1.807, 2.05) is 178 Å². The number of amides is 2. The molecule has 0 aliphatic carbocycles. The van der Waals surface area contributed by atoms with Gasteiger partial charge >= 0.3 is 0 Å². The smallest absolute Gasteiger partial charge is 0.256 e. The summed E-state index contributed by atoms with van der Waals surface area (Å²) in [6.45, 7) is 9.88. The number of benzene rings is 6. The van der Waals surface area contributed by atoms with Crippen molar-refractivity contribution >= 4 is 34.6 Å². The second-order valence-electron chi connectivity index (χ2n) is 14.8. The lowest BCUT2D eigenvalue weighted by molar-refractivity contribution is -0.120. The van der Waals surface area contributed by atoms with E-state index in [0.29, 0.717) is 55.7 Å². The molecule has 322 valence electrons. The molecule has 2 unspecified atom stereocenters. The van der Waals surface area contributed by atoms with Crippen LogP contribution in [0.5, 0.6) is 23.0 Å². The first-order chi connectivity index (χ1) is 30.8. The molecule has 0 radical (unpaired) electrons. The maximum absolute atomic E-state index is 13.7. The highest BCUT2D eigenvalue weighted by Crippen LogP contribution is 2.41. The van der Waals surface area contributed by atoms with E-state index in [9.17, 15) is 9.59 Å². The van der Waals surface area contributed by atoms with Gasteiger partial charge in [0.25, 0.3) is 11.8 Å². The highest BCUT2D eigenvalue weighted by atomic mass is 16.5. The number of carbonyl (C=O) groups is 2. The van der Waals surface area contributed by atoms with Crippen molar-refractivity contribution in [2.75, 3.05) is 50.3 Å². The minimum Gasteiger partial charge on any atom is -0.493 e. The molecule has 2 heterocycles. The molecular formula is C53H54N4O6. The van der Waals surface area contributed by atoms with Crippen molar-refractivity contribution < 1.29 is 28.5 Å². The monoisotopic (exact) mass is 842 g/mol. The summed E-state index contributed by atoms with van der Waals surface area (Å²) in [5.41, 5.74) is 8.67. The second-order valence-corrected chi connectivity index (χ2v) is 14.8. The third kappa shape index (κ3) is 9.50. The predicted octanol–water partition coefficient (Wildman–Crippen LogP) is 9.95. The summed E-state index contributed by atoms with van der Waals surface area (Å²) in [5, 5.41) is 0. The summed E-state index contributed by atoms with van der Waals surface area (Å²) in [6, 6.07) is 46.2. The van der Waals surface area contributed by atoms with E-state index in [1.54, 1.807) is 19.1 Å². The van der Waals surface area contributed by atoms with E-state index in [4.69, 9.17) is 28.9 Å². The lowest BCUT2D eigenvalue weighted by Crippen LogP contribution is -2.38. The van der Waals surface area contributed by atoms with Gasteiger partial charge in [-0.05, 0) is 51.0 Å². The highest BCUT2D eigenvalue weighted by Gasteiger charge is 2.35. The predicted molar refractivity (Wildman–Crippen MR) is 252 cm³/mol. The van der Waals surface area contributed by atoms with Gasteiger partial charge in [-0.2, -0.15) is 0 Å². The van der Waals surface area contributed by atoms with Crippen LogP contribution in [0, 0.1) is 0 Å².